The molecule has 0 saturated heterocycles. The number of hydrogen-bond acceptors (Lipinski definition) is 3. The van der Waals surface area contributed by atoms with Crippen LogP contribution in [0.3, 0.4) is 0 Å². The van der Waals surface area contributed by atoms with Gasteiger partial charge in [0, 0.05) is 6.42 Å². The van der Waals surface area contributed by atoms with Gasteiger partial charge in [0.1, 0.15) is 6.10 Å². The van der Waals surface area contributed by atoms with Crippen LogP contribution in [0.15, 0.2) is 11.6 Å². The molecule has 3 fully saturated rings. The lowest BCUT2D eigenvalue weighted by Gasteiger charge is -2.58. The van der Waals surface area contributed by atoms with Crippen LogP contribution in [0, 0.1) is 46.3 Å². The third-order valence-corrected chi connectivity index (χ3v) is 11.2. The SMILES string of the molecule is CCCCOC(=O)O[C@H]1CC[C@@]2(C)C(=CC[C@H]3[C@@H]4CC[C@H]([C@H](C)CCCC(C)C)[C@@]4(C)CC[C@@H]32)C1. The molecule has 0 aromatic carbocycles. The van der Waals surface area contributed by atoms with E-state index >= 15 is 0 Å². The zero-order chi connectivity index (χ0) is 25.2. The van der Waals surface area contributed by atoms with E-state index in [-0.39, 0.29) is 6.10 Å². The molecule has 4 aliphatic carbocycles. The van der Waals surface area contributed by atoms with Gasteiger partial charge in [-0.05, 0) is 97.7 Å². The van der Waals surface area contributed by atoms with Gasteiger partial charge in [-0.1, -0.05) is 78.9 Å². The van der Waals surface area contributed by atoms with Crippen LogP contribution in [0.5, 0.6) is 0 Å². The molecular formula is C32H54O3. The smallest absolute Gasteiger partial charge is 0.434 e. The van der Waals surface area contributed by atoms with Crippen molar-refractivity contribution in [3.05, 3.63) is 11.6 Å². The third-order valence-electron chi connectivity index (χ3n) is 11.2. The molecule has 0 aromatic rings. The summed E-state index contributed by atoms with van der Waals surface area (Å²) in [5.74, 6) is 5.19. The summed E-state index contributed by atoms with van der Waals surface area (Å²) in [5, 5.41) is 0. The predicted molar refractivity (Wildman–Crippen MR) is 144 cm³/mol. The number of hydrogen-bond donors (Lipinski definition) is 0. The van der Waals surface area contributed by atoms with Crippen LogP contribution in [0.4, 0.5) is 4.79 Å². The Labute approximate surface area is 216 Å². The molecule has 3 saturated carbocycles. The highest BCUT2D eigenvalue weighted by Crippen LogP contribution is 2.67. The Kier molecular flexibility index (Phi) is 8.64. The van der Waals surface area contributed by atoms with Gasteiger partial charge in [-0.15, -0.1) is 0 Å². The average molecular weight is 487 g/mol. The maximum Gasteiger partial charge on any atom is 0.508 e. The van der Waals surface area contributed by atoms with E-state index in [9.17, 15) is 4.79 Å². The lowest BCUT2D eigenvalue weighted by molar-refractivity contribution is -0.0617. The zero-order valence-corrected chi connectivity index (χ0v) is 23.7. The van der Waals surface area contributed by atoms with E-state index in [2.05, 4.69) is 47.6 Å². The fourth-order valence-electron chi connectivity index (χ4n) is 9.22. The van der Waals surface area contributed by atoms with E-state index in [0.29, 0.717) is 17.4 Å². The van der Waals surface area contributed by atoms with Gasteiger partial charge in [-0.3, -0.25) is 0 Å². The molecule has 0 radical (unpaired) electrons. The number of allylic oxidation sites excluding steroid dienone is 1. The topological polar surface area (TPSA) is 35.5 Å². The van der Waals surface area contributed by atoms with Gasteiger partial charge in [-0.25, -0.2) is 4.79 Å². The van der Waals surface area contributed by atoms with Gasteiger partial charge in [0.25, 0.3) is 0 Å². The first-order valence-electron chi connectivity index (χ1n) is 15.2. The third kappa shape index (κ3) is 5.49. The molecule has 0 bridgehead atoms. The van der Waals surface area contributed by atoms with Gasteiger partial charge in [-0.2, -0.15) is 0 Å². The van der Waals surface area contributed by atoms with Crippen LogP contribution in [0.2, 0.25) is 0 Å². The number of ether oxygens (including phenoxy) is 2. The molecule has 4 aliphatic rings. The minimum Gasteiger partial charge on any atom is -0.434 e. The first-order valence-corrected chi connectivity index (χ1v) is 15.2. The Bertz CT molecular complexity index is 756. The number of fused-ring (bicyclic) bond motifs is 5. The van der Waals surface area contributed by atoms with Crippen molar-refractivity contribution in [2.75, 3.05) is 6.61 Å². The van der Waals surface area contributed by atoms with Crippen molar-refractivity contribution in [1.82, 2.24) is 0 Å². The number of unbranched alkanes of at least 4 members (excludes halogenated alkanes) is 1. The standard InChI is InChI=1S/C32H54O3/c1-7-8-20-34-30(33)35-25-16-18-31(5)24(21-25)12-13-26-28-15-14-27(23(4)11-9-10-22(2)3)32(28,6)19-17-29(26)31/h12,22-23,25-29H,7-11,13-21H2,1-6H3/t23-,25+,26+,27-,28+,29+,31+,32-/m1/s1. The van der Waals surface area contributed by atoms with E-state index in [1.807, 2.05) is 0 Å². The molecule has 0 N–H and O–H groups in total. The average Bonchev–Trinajstić information content (AvgIpc) is 3.16. The summed E-state index contributed by atoms with van der Waals surface area (Å²) in [6.07, 6.45) is 18.3. The highest BCUT2D eigenvalue weighted by Gasteiger charge is 2.59. The Morgan fingerprint density at radius 1 is 1.03 bits per heavy atom. The van der Waals surface area contributed by atoms with E-state index < -0.39 is 6.16 Å². The second kappa shape index (κ2) is 11.2. The molecule has 4 rings (SSSR count). The molecule has 0 heterocycles. The maximum absolute atomic E-state index is 12.1. The first kappa shape index (κ1) is 27.1. The van der Waals surface area contributed by atoms with Crippen molar-refractivity contribution >= 4 is 6.16 Å². The van der Waals surface area contributed by atoms with E-state index in [0.717, 1.165) is 67.6 Å². The lowest BCUT2D eigenvalue weighted by Crippen LogP contribution is -2.51. The van der Waals surface area contributed by atoms with Crippen molar-refractivity contribution < 1.29 is 14.3 Å². The van der Waals surface area contributed by atoms with E-state index in [1.165, 1.54) is 51.4 Å². The summed E-state index contributed by atoms with van der Waals surface area (Å²) in [6, 6.07) is 0. The molecule has 3 heteroatoms. The van der Waals surface area contributed by atoms with Crippen LogP contribution in [-0.2, 0) is 9.47 Å². The summed E-state index contributed by atoms with van der Waals surface area (Å²) >= 11 is 0. The molecule has 35 heavy (non-hydrogen) atoms. The van der Waals surface area contributed by atoms with Crippen molar-refractivity contribution in [3.8, 4) is 0 Å². The Morgan fingerprint density at radius 3 is 2.57 bits per heavy atom. The number of rotatable bonds is 9. The summed E-state index contributed by atoms with van der Waals surface area (Å²) in [4.78, 5) is 12.1. The molecule has 0 aliphatic heterocycles. The quantitative estimate of drug-likeness (QED) is 0.185. The molecule has 0 unspecified atom stereocenters. The van der Waals surface area contributed by atoms with E-state index in [4.69, 9.17) is 9.47 Å². The fourth-order valence-corrected chi connectivity index (χ4v) is 9.22. The number of carbonyl (C=O) groups excluding carboxylic acids is 1. The minimum absolute atomic E-state index is 0.00333. The summed E-state index contributed by atoms with van der Waals surface area (Å²) in [6.45, 7) is 15.1. The summed E-state index contributed by atoms with van der Waals surface area (Å²) in [7, 11) is 0. The largest absolute Gasteiger partial charge is 0.508 e. The van der Waals surface area contributed by atoms with Crippen molar-refractivity contribution in [3.63, 3.8) is 0 Å². The lowest BCUT2D eigenvalue weighted by atomic mass is 9.47. The molecule has 8 atom stereocenters. The monoisotopic (exact) mass is 486 g/mol. The van der Waals surface area contributed by atoms with Gasteiger partial charge >= 0.3 is 6.16 Å². The van der Waals surface area contributed by atoms with Gasteiger partial charge in [0.15, 0.2) is 0 Å². The van der Waals surface area contributed by atoms with Crippen LogP contribution >= 0.6 is 0 Å². The van der Waals surface area contributed by atoms with Crippen molar-refractivity contribution in [2.45, 2.75) is 131 Å². The molecule has 0 spiro atoms. The van der Waals surface area contributed by atoms with Crippen LogP contribution in [0.25, 0.3) is 0 Å². The molecule has 0 aromatic heterocycles. The predicted octanol–water partition coefficient (Wildman–Crippen LogP) is 9.35. The molecular weight excluding hydrogens is 432 g/mol. The van der Waals surface area contributed by atoms with Crippen molar-refractivity contribution in [1.29, 1.82) is 0 Å². The molecule has 3 nitrogen and oxygen atoms in total. The van der Waals surface area contributed by atoms with Crippen molar-refractivity contribution in [2.24, 2.45) is 46.3 Å². The highest BCUT2D eigenvalue weighted by molar-refractivity contribution is 5.60. The highest BCUT2D eigenvalue weighted by atomic mass is 16.7. The van der Waals surface area contributed by atoms with Gasteiger partial charge in [0.2, 0.25) is 0 Å². The summed E-state index contributed by atoms with van der Waals surface area (Å²) in [5.41, 5.74) is 2.43. The normalized spacial score (nSPS) is 39.3. The fraction of sp³-hybridized carbons (Fsp3) is 0.906. The number of carbonyl (C=O) groups is 1. The van der Waals surface area contributed by atoms with Gasteiger partial charge < -0.3 is 9.47 Å². The summed E-state index contributed by atoms with van der Waals surface area (Å²) < 4.78 is 11.0. The van der Waals surface area contributed by atoms with Crippen LogP contribution < -0.4 is 0 Å². The zero-order valence-electron chi connectivity index (χ0n) is 23.7. The molecule has 0 amide bonds. The Balaban J connectivity index is 1.39. The van der Waals surface area contributed by atoms with Gasteiger partial charge in [0.05, 0.1) is 6.61 Å². The van der Waals surface area contributed by atoms with Crippen LogP contribution in [0.1, 0.15) is 125 Å². The molecule has 200 valence electrons. The van der Waals surface area contributed by atoms with Crippen LogP contribution in [-0.4, -0.2) is 18.9 Å². The Morgan fingerprint density at radius 2 is 1.83 bits per heavy atom. The second-order valence-corrected chi connectivity index (χ2v) is 13.7. The first-order chi connectivity index (χ1) is 16.7. The Hall–Kier alpha value is -0.990. The minimum atomic E-state index is -0.464. The second-order valence-electron chi connectivity index (χ2n) is 13.7. The van der Waals surface area contributed by atoms with E-state index in [1.54, 1.807) is 5.57 Å². The maximum atomic E-state index is 12.1.